The van der Waals surface area contributed by atoms with Gasteiger partial charge in [-0.15, -0.1) is 0 Å². The van der Waals surface area contributed by atoms with Crippen molar-refractivity contribution in [2.45, 2.75) is 27.7 Å². The number of rotatable bonds is 5. The van der Waals surface area contributed by atoms with Crippen molar-refractivity contribution in [2.75, 3.05) is 0 Å². The van der Waals surface area contributed by atoms with Gasteiger partial charge in [0.15, 0.2) is 11.6 Å². The highest BCUT2D eigenvalue weighted by atomic mass is 15.2. The molecule has 0 atom stereocenters. The smallest absolute Gasteiger partial charge is 0.238 e. The molecule has 0 fully saturated rings. The first-order valence-electron chi connectivity index (χ1n) is 16.0. The van der Waals surface area contributed by atoms with E-state index in [9.17, 15) is 0 Å². The molecule has 2 aromatic heterocycles. The first kappa shape index (κ1) is 28.6. The minimum Gasteiger partial charge on any atom is -0.278 e. The van der Waals surface area contributed by atoms with E-state index in [1.807, 2.05) is 0 Å². The molecule has 2 heterocycles. The van der Waals surface area contributed by atoms with Crippen molar-refractivity contribution in [2.24, 2.45) is 0 Å². The zero-order chi connectivity index (χ0) is 32.1. The molecular formula is C43H34N4. The van der Waals surface area contributed by atoms with Crippen LogP contribution in [0.3, 0.4) is 0 Å². The van der Waals surface area contributed by atoms with Crippen molar-refractivity contribution in [3.63, 3.8) is 0 Å². The third kappa shape index (κ3) is 5.38. The summed E-state index contributed by atoms with van der Waals surface area (Å²) in [4.78, 5) is 15.3. The van der Waals surface area contributed by atoms with Gasteiger partial charge in [-0.1, -0.05) is 131 Å². The van der Waals surface area contributed by atoms with Crippen LogP contribution in [0.25, 0.3) is 72.8 Å². The predicted octanol–water partition coefficient (Wildman–Crippen LogP) is 10.9. The van der Waals surface area contributed by atoms with Crippen LogP contribution in [0.4, 0.5) is 0 Å². The second-order valence-electron chi connectivity index (χ2n) is 12.5. The van der Waals surface area contributed by atoms with Gasteiger partial charge >= 0.3 is 0 Å². The van der Waals surface area contributed by atoms with Gasteiger partial charge in [-0.2, -0.15) is 9.97 Å². The molecule has 0 amide bonds. The number of benzene rings is 6. The standard InChI is InChI=1S/C43H34N4/c1-27-5-13-31(14-6-27)35-21-23-39-37(25-35)38-26-36(32-15-7-28(2)8-16-32)22-24-40(38)47(39)43-45-41(33-17-9-29(3)10-18-33)44-42(46-43)34-19-11-30(4)12-20-34/h5-26H,1-4H3. The van der Waals surface area contributed by atoms with Crippen molar-refractivity contribution in [1.82, 2.24) is 19.5 Å². The van der Waals surface area contributed by atoms with E-state index in [1.54, 1.807) is 0 Å². The largest absolute Gasteiger partial charge is 0.278 e. The van der Waals surface area contributed by atoms with Crippen LogP contribution in [0.15, 0.2) is 133 Å². The Kier molecular flexibility index (Phi) is 6.99. The lowest BCUT2D eigenvalue weighted by atomic mass is 9.99. The number of aromatic nitrogens is 4. The Bertz CT molecular complexity index is 2230. The molecule has 0 aliphatic heterocycles. The van der Waals surface area contributed by atoms with E-state index in [0.717, 1.165) is 32.9 Å². The van der Waals surface area contributed by atoms with Crippen LogP contribution in [0, 0.1) is 27.7 Å². The summed E-state index contributed by atoms with van der Waals surface area (Å²) < 4.78 is 2.19. The highest BCUT2D eigenvalue weighted by Gasteiger charge is 2.19. The van der Waals surface area contributed by atoms with Crippen molar-refractivity contribution in [1.29, 1.82) is 0 Å². The van der Waals surface area contributed by atoms with Gasteiger partial charge in [0.1, 0.15) is 0 Å². The van der Waals surface area contributed by atoms with Crippen LogP contribution < -0.4 is 0 Å². The summed E-state index contributed by atoms with van der Waals surface area (Å²) in [7, 11) is 0. The van der Waals surface area contributed by atoms with Gasteiger partial charge < -0.3 is 0 Å². The topological polar surface area (TPSA) is 43.6 Å². The molecule has 0 unspecified atom stereocenters. The zero-order valence-electron chi connectivity index (χ0n) is 27.0. The third-order valence-corrected chi connectivity index (χ3v) is 8.98. The average molecular weight is 607 g/mol. The van der Waals surface area contributed by atoms with Crippen LogP contribution in [-0.2, 0) is 0 Å². The summed E-state index contributed by atoms with van der Waals surface area (Å²) >= 11 is 0. The Morgan fingerprint density at radius 1 is 0.340 bits per heavy atom. The predicted molar refractivity (Wildman–Crippen MR) is 195 cm³/mol. The average Bonchev–Trinajstić information content (AvgIpc) is 3.42. The number of hydrogen-bond acceptors (Lipinski definition) is 3. The molecule has 0 radical (unpaired) electrons. The maximum Gasteiger partial charge on any atom is 0.238 e. The third-order valence-electron chi connectivity index (χ3n) is 8.98. The summed E-state index contributed by atoms with van der Waals surface area (Å²) in [6.45, 7) is 8.43. The lowest BCUT2D eigenvalue weighted by molar-refractivity contribution is 0.953. The Hall–Kier alpha value is -5.87. The minimum atomic E-state index is 0.595. The summed E-state index contributed by atoms with van der Waals surface area (Å²) in [5.41, 5.74) is 13.6. The minimum absolute atomic E-state index is 0.595. The van der Waals surface area contributed by atoms with E-state index in [0.29, 0.717) is 17.6 Å². The van der Waals surface area contributed by atoms with Crippen LogP contribution in [-0.4, -0.2) is 19.5 Å². The number of nitrogens with zero attached hydrogens (tertiary/aromatic N) is 4. The van der Waals surface area contributed by atoms with E-state index >= 15 is 0 Å². The van der Waals surface area contributed by atoms with Crippen LogP contribution in [0.5, 0.6) is 0 Å². The monoisotopic (exact) mass is 606 g/mol. The fourth-order valence-electron chi connectivity index (χ4n) is 6.22. The van der Waals surface area contributed by atoms with E-state index < -0.39 is 0 Å². The van der Waals surface area contributed by atoms with Gasteiger partial charge in [-0.05, 0) is 74.2 Å². The molecule has 0 aliphatic rings. The summed E-state index contributed by atoms with van der Waals surface area (Å²) in [6, 6.07) is 47.6. The molecule has 226 valence electrons. The fraction of sp³-hybridized carbons (Fsp3) is 0.0930. The molecular weight excluding hydrogens is 573 g/mol. The molecule has 0 saturated heterocycles. The highest BCUT2D eigenvalue weighted by molar-refractivity contribution is 6.11. The van der Waals surface area contributed by atoms with Gasteiger partial charge in [0.25, 0.3) is 0 Å². The summed E-state index contributed by atoms with van der Waals surface area (Å²) in [6.07, 6.45) is 0. The van der Waals surface area contributed by atoms with E-state index in [1.165, 1.54) is 44.5 Å². The van der Waals surface area contributed by atoms with Gasteiger partial charge in [-0.3, -0.25) is 4.57 Å². The van der Waals surface area contributed by atoms with E-state index in [-0.39, 0.29) is 0 Å². The Labute approximate surface area is 275 Å². The second-order valence-corrected chi connectivity index (χ2v) is 12.5. The number of fused-ring (bicyclic) bond motifs is 3. The van der Waals surface area contributed by atoms with Crippen molar-refractivity contribution in [3.8, 4) is 51.0 Å². The van der Waals surface area contributed by atoms with Gasteiger partial charge in [0.05, 0.1) is 11.0 Å². The van der Waals surface area contributed by atoms with E-state index in [4.69, 9.17) is 15.0 Å². The molecule has 0 saturated carbocycles. The van der Waals surface area contributed by atoms with E-state index in [2.05, 4.69) is 166 Å². The molecule has 8 aromatic rings. The molecule has 0 aliphatic carbocycles. The molecule has 0 N–H and O–H groups in total. The first-order valence-corrected chi connectivity index (χ1v) is 16.0. The molecule has 47 heavy (non-hydrogen) atoms. The number of aryl methyl sites for hydroxylation is 4. The molecule has 0 bridgehead atoms. The lowest BCUT2D eigenvalue weighted by Gasteiger charge is -2.11. The van der Waals surface area contributed by atoms with Crippen LogP contribution in [0.1, 0.15) is 22.3 Å². The quantitative estimate of drug-likeness (QED) is 0.196. The zero-order valence-corrected chi connectivity index (χ0v) is 27.0. The Balaban J connectivity index is 1.40. The maximum atomic E-state index is 5.14. The maximum absolute atomic E-state index is 5.14. The molecule has 8 rings (SSSR count). The van der Waals surface area contributed by atoms with Gasteiger partial charge in [-0.25, -0.2) is 4.98 Å². The Morgan fingerprint density at radius 3 is 1.02 bits per heavy atom. The van der Waals surface area contributed by atoms with Crippen molar-refractivity contribution >= 4 is 21.8 Å². The number of hydrogen-bond donors (Lipinski definition) is 0. The second kappa shape index (κ2) is 11.5. The molecule has 0 spiro atoms. The lowest BCUT2D eigenvalue weighted by Crippen LogP contribution is -2.06. The normalized spacial score (nSPS) is 11.4. The molecule has 4 nitrogen and oxygen atoms in total. The summed E-state index contributed by atoms with van der Waals surface area (Å²) in [5.74, 6) is 1.89. The molecule has 4 heteroatoms. The Morgan fingerprint density at radius 2 is 0.660 bits per heavy atom. The van der Waals surface area contributed by atoms with Crippen LogP contribution in [0.2, 0.25) is 0 Å². The van der Waals surface area contributed by atoms with Gasteiger partial charge in [0, 0.05) is 21.9 Å². The molecule has 6 aromatic carbocycles. The van der Waals surface area contributed by atoms with Crippen molar-refractivity contribution in [3.05, 3.63) is 156 Å². The highest BCUT2D eigenvalue weighted by Crippen LogP contribution is 2.37. The SMILES string of the molecule is Cc1ccc(-c2ccc3c(c2)c2cc(-c4ccc(C)cc4)ccc2n3-c2nc(-c3ccc(C)cc3)nc(-c3ccc(C)cc3)n2)cc1. The summed E-state index contributed by atoms with van der Waals surface area (Å²) in [5, 5.41) is 2.31. The van der Waals surface area contributed by atoms with Gasteiger partial charge in [0.2, 0.25) is 5.95 Å². The van der Waals surface area contributed by atoms with Crippen molar-refractivity contribution < 1.29 is 0 Å². The first-order chi connectivity index (χ1) is 22.9. The van der Waals surface area contributed by atoms with Crippen LogP contribution >= 0.6 is 0 Å². The fourth-order valence-corrected chi connectivity index (χ4v) is 6.22.